The van der Waals surface area contributed by atoms with Gasteiger partial charge in [-0.2, -0.15) is 0 Å². The number of benzene rings is 1. The van der Waals surface area contributed by atoms with Crippen LogP contribution in [0.2, 0.25) is 0 Å². The molecule has 4 rings (SSSR count). The molecule has 3 heterocycles. The van der Waals surface area contributed by atoms with E-state index in [1.807, 2.05) is 51.1 Å². The van der Waals surface area contributed by atoms with Gasteiger partial charge in [0.15, 0.2) is 5.82 Å². The number of morpholine rings is 1. The number of ether oxygens (including phenoxy) is 2. The Morgan fingerprint density at radius 3 is 2.63 bits per heavy atom. The van der Waals surface area contributed by atoms with Crippen LogP contribution < -0.4 is 4.90 Å². The second-order valence-electron chi connectivity index (χ2n) is 8.93. The third-order valence-corrected chi connectivity index (χ3v) is 5.36. The van der Waals surface area contributed by atoms with Gasteiger partial charge in [0.05, 0.1) is 31.5 Å². The fourth-order valence-corrected chi connectivity index (χ4v) is 3.87. The fourth-order valence-electron chi connectivity index (χ4n) is 3.87. The van der Waals surface area contributed by atoms with Gasteiger partial charge in [0.25, 0.3) is 0 Å². The predicted molar refractivity (Wildman–Crippen MR) is 115 cm³/mol. The monoisotopic (exact) mass is 410 g/mol. The number of carbonyl (C=O) groups is 1. The molecule has 0 radical (unpaired) electrons. The van der Waals surface area contributed by atoms with Gasteiger partial charge >= 0.3 is 6.09 Å². The van der Waals surface area contributed by atoms with Crippen molar-refractivity contribution in [2.24, 2.45) is 0 Å². The van der Waals surface area contributed by atoms with E-state index < -0.39 is 5.60 Å². The van der Waals surface area contributed by atoms with Crippen LogP contribution in [0.3, 0.4) is 0 Å². The first-order valence-electron chi connectivity index (χ1n) is 10.6. The molecule has 1 atom stereocenters. The van der Waals surface area contributed by atoms with Crippen LogP contribution in [0.5, 0.6) is 0 Å². The highest BCUT2D eigenvalue weighted by Crippen LogP contribution is 2.32. The Kier molecular flexibility index (Phi) is 5.64. The first-order valence-corrected chi connectivity index (χ1v) is 10.6. The van der Waals surface area contributed by atoms with Crippen LogP contribution in [0.4, 0.5) is 10.6 Å². The molecule has 2 aliphatic rings. The molecule has 7 nitrogen and oxygen atoms in total. The normalized spacial score (nSPS) is 19.4. The van der Waals surface area contributed by atoms with Crippen LogP contribution in [0, 0.1) is 0 Å². The quantitative estimate of drug-likeness (QED) is 0.753. The van der Waals surface area contributed by atoms with Gasteiger partial charge in [-0.25, -0.2) is 14.8 Å². The van der Waals surface area contributed by atoms with E-state index in [-0.39, 0.29) is 12.1 Å². The van der Waals surface area contributed by atoms with Gasteiger partial charge in [0.2, 0.25) is 0 Å². The molecule has 160 valence electrons. The summed E-state index contributed by atoms with van der Waals surface area (Å²) in [5.41, 5.74) is 2.50. The van der Waals surface area contributed by atoms with Crippen molar-refractivity contribution in [2.75, 3.05) is 31.2 Å². The number of aromatic nitrogens is 2. The first-order chi connectivity index (χ1) is 14.3. The van der Waals surface area contributed by atoms with Crippen molar-refractivity contribution in [1.29, 1.82) is 0 Å². The lowest BCUT2D eigenvalue weighted by atomic mass is 10.0. The Bertz CT molecular complexity index is 911. The van der Waals surface area contributed by atoms with Gasteiger partial charge < -0.3 is 19.3 Å². The molecule has 0 bridgehead atoms. The molecule has 1 aromatic carbocycles. The SMILES string of the molecule is C[C@H]1COCCN1c1nc(-c2ccccc2)nc2c1CN(C(=O)OC(C)(C)C)CC2. The largest absolute Gasteiger partial charge is 0.444 e. The standard InChI is InChI=1S/C23H30N4O3/c1-16-15-29-13-12-27(16)21-18-14-26(22(28)30-23(2,3)4)11-10-19(18)24-20(25-21)17-8-6-5-7-9-17/h5-9,16H,10-15H2,1-4H3/t16-/m0/s1. The van der Waals surface area contributed by atoms with Crippen LogP contribution in [0.15, 0.2) is 30.3 Å². The average Bonchev–Trinajstić information content (AvgIpc) is 2.72. The summed E-state index contributed by atoms with van der Waals surface area (Å²) in [4.78, 5) is 26.6. The van der Waals surface area contributed by atoms with Crippen LogP contribution in [0.25, 0.3) is 11.4 Å². The van der Waals surface area contributed by atoms with E-state index >= 15 is 0 Å². The third kappa shape index (κ3) is 4.41. The molecule has 1 saturated heterocycles. The molecular weight excluding hydrogens is 380 g/mol. The molecule has 30 heavy (non-hydrogen) atoms. The van der Waals surface area contributed by atoms with Gasteiger partial charge in [-0.05, 0) is 27.7 Å². The molecule has 0 aliphatic carbocycles. The second kappa shape index (κ2) is 8.22. The lowest BCUT2D eigenvalue weighted by molar-refractivity contribution is 0.0222. The summed E-state index contributed by atoms with van der Waals surface area (Å²) in [7, 11) is 0. The van der Waals surface area contributed by atoms with Gasteiger partial charge in [-0.3, -0.25) is 0 Å². The topological polar surface area (TPSA) is 67.8 Å². The minimum absolute atomic E-state index is 0.207. The molecule has 2 aliphatic heterocycles. The Morgan fingerprint density at radius 2 is 1.93 bits per heavy atom. The van der Waals surface area contributed by atoms with Gasteiger partial charge in [0, 0.05) is 30.6 Å². The summed E-state index contributed by atoms with van der Waals surface area (Å²) in [6.45, 7) is 10.9. The highest BCUT2D eigenvalue weighted by molar-refractivity contribution is 5.70. The van der Waals surface area contributed by atoms with Crippen LogP contribution in [-0.4, -0.2) is 58.9 Å². The second-order valence-corrected chi connectivity index (χ2v) is 8.93. The van der Waals surface area contributed by atoms with E-state index in [1.165, 1.54) is 0 Å². The molecule has 0 spiro atoms. The number of fused-ring (bicyclic) bond motifs is 1. The van der Waals surface area contributed by atoms with E-state index in [2.05, 4.69) is 11.8 Å². The van der Waals surface area contributed by atoms with E-state index in [0.29, 0.717) is 32.7 Å². The summed E-state index contributed by atoms with van der Waals surface area (Å²) in [5, 5.41) is 0. The minimum atomic E-state index is -0.521. The van der Waals surface area contributed by atoms with Crippen LogP contribution in [0.1, 0.15) is 39.0 Å². The van der Waals surface area contributed by atoms with Gasteiger partial charge in [-0.1, -0.05) is 30.3 Å². The molecule has 0 saturated carbocycles. The van der Waals surface area contributed by atoms with Gasteiger partial charge in [-0.15, -0.1) is 0 Å². The van der Waals surface area contributed by atoms with E-state index in [9.17, 15) is 4.79 Å². The van der Waals surface area contributed by atoms with Crippen LogP contribution >= 0.6 is 0 Å². The molecule has 1 aromatic heterocycles. The fraction of sp³-hybridized carbons (Fsp3) is 0.522. The first kappa shape index (κ1) is 20.6. The highest BCUT2D eigenvalue weighted by atomic mass is 16.6. The molecule has 1 amide bonds. The zero-order valence-corrected chi connectivity index (χ0v) is 18.2. The molecule has 2 aromatic rings. The van der Waals surface area contributed by atoms with E-state index in [0.717, 1.165) is 35.0 Å². The zero-order valence-electron chi connectivity index (χ0n) is 18.2. The molecule has 7 heteroatoms. The number of carbonyl (C=O) groups excluding carboxylic acids is 1. The lowest BCUT2D eigenvalue weighted by Gasteiger charge is -2.38. The van der Waals surface area contributed by atoms with Crippen molar-refractivity contribution in [3.63, 3.8) is 0 Å². The van der Waals surface area contributed by atoms with Crippen molar-refractivity contribution in [2.45, 2.75) is 52.3 Å². The number of anilines is 1. The van der Waals surface area contributed by atoms with Crippen molar-refractivity contribution in [1.82, 2.24) is 14.9 Å². The zero-order chi connectivity index (χ0) is 21.3. The third-order valence-electron chi connectivity index (χ3n) is 5.36. The Hall–Kier alpha value is -2.67. The summed E-state index contributed by atoms with van der Waals surface area (Å²) in [6, 6.07) is 10.3. The maximum absolute atomic E-state index is 12.7. The molecular formula is C23H30N4O3. The number of hydrogen-bond donors (Lipinski definition) is 0. The summed E-state index contributed by atoms with van der Waals surface area (Å²) >= 11 is 0. The Balaban J connectivity index is 1.72. The minimum Gasteiger partial charge on any atom is -0.444 e. The molecule has 0 N–H and O–H groups in total. The average molecular weight is 411 g/mol. The molecule has 0 unspecified atom stereocenters. The van der Waals surface area contributed by atoms with Gasteiger partial charge in [0.1, 0.15) is 11.4 Å². The predicted octanol–water partition coefficient (Wildman–Crippen LogP) is 3.66. The molecule has 1 fully saturated rings. The lowest BCUT2D eigenvalue weighted by Crippen LogP contribution is -2.46. The maximum Gasteiger partial charge on any atom is 0.410 e. The summed E-state index contributed by atoms with van der Waals surface area (Å²) < 4.78 is 11.2. The maximum atomic E-state index is 12.7. The van der Waals surface area contributed by atoms with Crippen molar-refractivity contribution < 1.29 is 14.3 Å². The number of nitrogens with zero attached hydrogens (tertiary/aromatic N) is 4. The van der Waals surface area contributed by atoms with Crippen molar-refractivity contribution in [3.8, 4) is 11.4 Å². The summed E-state index contributed by atoms with van der Waals surface area (Å²) in [6.07, 6.45) is 0.393. The van der Waals surface area contributed by atoms with Crippen molar-refractivity contribution >= 4 is 11.9 Å². The number of hydrogen-bond acceptors (Lipinski definition) is 6. The smallest absolute Gasteiger partial charge is 0.410 e. The Morgan fingerprint density at radius 1 is 1.17 bits per heavy atom. The summed E-state index contributed by atoms with van der Waals surface area (Å²) in [5.74, 6) is 1.64. The van der Waals surface area contributed by atoms with E-state index in [1.54, 1.807) is 4.90 Å². The number of rotatable bonds is 2. The van der Waals surface area contributed by atoms with Crippen molar-refractivity contribution in [3.05, 3.63) is 41.6 Å². The van der Waals surface area contributed by atoms with Crippen LogP contribution in [-0.2, 0) is 22.4 Å². The van der Waals surface area contributed by atoms with E-state index in [4.69, 9.17) is 19.4 Å². The Labute approximate surface area is 178 Å². The number of amides is 1. The highest BCUT2D eigenvalue weighted by Gasteiger charge is 2.32.